The van der Waals surface area contributed by atoms with E-state index in [0.717, 1.165) is 5.69 Å². The number of benzene rings is 7. The van der Waals surface area contributed by atoms with Crippen molar-refractivity contribution in [3.63, 3.8) is 0 Å². The minimum absolute atomic E-state index is 1.14. The number of fused-ring (bicyclic) bond motifs is 4. The largest absolute Gasteiger partial charge is 0.308 e. The fourth-order valence-corrected chi connectivity index (χ4v) is 7.26. The first kappa shape index (κ1) is 24.6. The van der Waals surface area contributed by atoms with Crippen LogP contribution in [-0.4, -0.2) is 0 Å². The molecule has 1 nitrogen and oxygen atoms in total. The first-order chi connectivity index (χ1) is 20.8. The molecule has 8 aromatic rings. The van der Waals surface area contributed by atoms with Gasteiger partial charge in [0.25, 0.3) is 0 Å². The molecule has 1 heterocycles. The normalized spacial score (nSPS) is 11.3. The second-order valence-corrected chi connectivity index (χ2v) is 11.6. The van der Waals surface area contributed by atoms with Gasteiger partial charge >= 0.3 is 0 Å². The summed E-state index contributed by atoms with van der Waals surface area (Å²) in [6.45, 7) is 0. The summed E-state index contributed by atoms with van der Waals surface area (Å²) in [6.07, 6.45) is 0. The van der Waals surface area contributed by atoms with E-state index in [1.54, 1.807) is 0 Å². The lowest BCUT2D eigenvalue weighted by Crippen LogP contribution is -2.11. The predicted octanol–water partition coefficient (Wildman–Crippen LogP) is 12.0. The van der Waals surface area contributed by atoms with Crippen molar-refractivity contribution in [3.8, 4) is 22.3 Å². The van der Waals surface area contributed by atoms with Crippen LogP contribution < -0.4 is 4.90 Å². The van der Waals surface area contributed by atoms with Crippen LogP contribution in [0.5, 0.6) is 0 Å². The van der Waals surface area contributed by atoms with Crippen molar-refractivity contribution < 1.29 is 0 Å². The Labute approximate surface area is 249 Å². The molecule has 8 rings (SSSR count). The van der Waals surface area contributed by atoms with Crippen molar-refractivity contribution in [2.24, 2.45) is 0 Å². The zero-order valence-electron chi connectivity index (χ0n) is 22.9. The quantitative estimate of drug-likeness (QED) is 0.205. The molecule has 0 spiro atoms. The van der Waals surface area contributed by atoms with Gasteiger partial charge in [0.2, 0.25) is 0 Å². The molecule has 2 heteroatoms. The highest BCUT2D eigenvalue weighted by Crippen LogP contribution is 2.47. The van der Waals surface area contributed by atoms with E-state index in [-0.39, 0.29) is 0 Å². The second kappa shape index (κ2) is 10.3. The summed E-state index contributed by atoms with van der Waals surface area (Å²) in [5.74, 6) is 0. The third kappa shape index (κ3) is 4.25. The highest BCUT2D eigenvalue weighted by atomic mass is 32.1. The third-order valence-corrected chi connectivity index (χ3v) is 9.23. The minimum Gasteiger partial charge on any atom is -0.308 e. The Balaban J connectivity index is 1.47. The Hall–Kier alpha value is -5.18. The van der Waals surface area contributed by atoms with Crippen LogP contribution in [0, 0.1) is 0 Å². The molecular formula is C40H27NS. The van der Waals surface area contributed by atoms with Gasteiger partial charge in [-0.2, -0.15) is 0 Å². The molecule has 0 saturated carbocycles. The average Bonchev–Trinajstić information content (AvgIpc) is 3.45. The van der Waals surface area contributed by atoms with Crippen LogP contribution in [0.25, 0.3) is 53.2 Å². The van der Waals surface area contributed by atoms with Crippen LogP contribution in [0.2, 0.25) is 0 Å². The topological polar surface area (TPSA) is 3.24 Å². The van der Waals surface area contributed by atoms with Crippen molar-refractivity contribution in [1.29, 1.82) is 0 Å². The van der Waals surface area contributed by atoms with Crippen LogP contribution in [0.4, 0.5) is 17.1 Å². The molecule has 0 radical (unpaired) electrons. The molecular weight excluding hydrogens is 527 g/mol. The molecule has 0 bridgehead atoms. The van der Waals surface area contributed by atoms with E-state index >= 15 is 0 Å². The van der Waals surface area contributed by atoms with E-state index in [1.807, 2.05) is 11.3 Å². The number of hydrogen-bond donors (Lipinski definition) is 0. The molecule has 0 aliphatic carbocycles. The lowest BCUT2D eigenvalue weighted by Gasteiger charge is -2.28. The van der Waals surface area contributed by atoms with Crippen molar-refractivity contribution in [3.05, 3.63) is 164 Å². The van der Waals surface area contributed by atoms with Gasteiger partial charge in [-0.1, -0.05) is 127 Å². The number of thiophene rings is 1. The molecule has 0 atom stereocenters. The number of hydrogen-bond acceptors (Lipinski definition) is 2. The van der Waals surface area contributed by atoms with Gasteiger partial charge in [-0.3, -0.25) is 0 Å². The first-order valence-electron chi connectivity index (χ1n) is 14.3. The van der Waals surface area contributed by atoms with Gasteiger partial charge in [0.15, 0.2) is 0 Å². The Bertz CT molecular complexity index is 2130. The smallest absolute Gasteiger partial charge is 0.0640 e. The molecule has 0 unspecified atom stereocenters. The number of nitrogens with zero attached hydrogens (tertiary/aromatic N) is 1. The van der Waals surface area contributed by atoms with Gasteiger partial charge in [-0.05, 0) is 64.0 Å². The van der Waals surface area contributed by atoms with Gasteiger partial charge in [0, 0.05) is 26.5 Å². The molecule has 7 aromatic carbocycles. The molecule has 198 valence electrons. The van der Waals surface area contributed by atoms with Crippen LogP contribution >= 0.6 is 11.3 Å². The van der Waals surface area contributed by atoms with Gasteiger partial charge in [0.05, 0.1) is 16.1 Å². The summed E-state index contributed by atoms with van der Waals surface area (Å²) in [5, 5.41) is 5.05. The number of anilines is 3. The average molecular weight is 554 g/mol. The van der Waals surface area contributed by atoms with E-state index in [1.165, 1.54) is 64.6 Å². The van der Waals surface area contributed by atoms with E-state index in [0.29, 0.717) is 0 Å². The van der Waals surface area contributed by atoms with Crippen LogP contribution in [-0.2, 0) is 0 Å². The van der Waals surface area contributed by atoms with E-state index in [9.17, 15) is 0 Å². The van der Waals surface area contributed by atoms with Gasteiger partial charge in [-0.15, -0.1) is 11.3 Å². The van der Waals surface area contributed by atoms with Gasteiger partial charge < -0.3 is 4.90 Å². The summed E-state index contributed by atoms with van der Waals surface area (Å²) >= 11 is 1.87. The van der Waals surface area contributed by atoms with Crippen LogP contribution in [0.3, 0.4) is 0 Å². The SMILES string of the molecule is c1ccc(-c2cc(-c3ccccc3)cc(N(c3cccc4ccccc34)c3cccc4c3sc3ccccc34)c2)cc1. The Morgan fingerprint density at radius 2 is 0.929 bits per heavy atom. The zero-order valence-corrected chi connectivity index (χ0v) is 23.8. The Morgan fingerprint density at radius 1 is 0.381 bits per heavy atom. The maximum absolute atomic E-state index is 2.47. The van der Waals surface area contributed by atoms with Crippen LogP contribution in [0.1, 0.15) is 0 Å². The van der Waals surface area contributed by atoms with E-state index < -0.39 is 0 Å². The molecule has 0 aliphatic heterocycles. The fraction of sp³-hybridized carbons (Fsp3) is 0. The van der Waals surface area contributed by atoms with Crippen molar-refractivity contribution in [2.75, 3.05) is 4.90 Å². The molecule has 1 aromatic heterocycles. The van der Waals surface area contributed by atoms with Gasteiger partial charge in [0.1, 0.15) is 0 Å². The van der Waals surface area contributed by atoms with E-state index in [4.69, 9.17) is 0 Å². The predicted molar refractivity (Wildman–Crippen MR) is 182 cm³/mol. The summed E-state index contributed by atoms with van der Waals surface area (Å²) < 4.78 is 2.60. The van der Waals surface area contributed by atoms with E-state index in [2.05, 4.69) is 169 Å². The maximum Gasteiger partial charge on any atom is 0.0640 e. The molecule has 0 aliphatic rings. The minimum atomic E-state index is 1.14. The lowest BCUT2D eigenvalue weighted by molar-refractivity contribution is 1.32. The number of rotatable bonds is 5. The highest BCUT2D eigenvalue weighted by Gasteiger charge is 2.21. The molecule has 0 saturated heterocycles. The monoisotopic (exact) mass is 553 g/mol. The summed E-state index contributed by atoms with van der Waals surface area (Å²) in [7, 11) is 0. The summed E-state index contributed by atoms with van der Waals surface area (Å²) in [6, 6.07) is 59.2. The van der Waals surface area contributed by atoms with Crippen LogP contribution in [0.15, 0.2) is 164 Å². The fourth-order valence-electron chi connectivity index (χ4n) is 6.05. The molecule has 42 heavy (non-hydrogen) atoms. The molecule has 0 amide bonds. The van der Waals surface area contributed by atoms with Crippen molar-refractivity contribution in [2.45, 2.75) is 0 Å². The maximum atomic E-state index is 2.47. The van der Waals surface area contributed by atoms with Crippen molar-refractivity contribution >= 4 is 59.3 Å². The summed E-state index contributed by atoms with van der Waals surface area (Å²) in [5.41, 5.74) is 8.29. The first-order valence-corrected chi connectivity index (χ1v) is 15.1. The highest BCUT2D eigenvalue weighted by molar-refractivity contribution is 7.26. The Morgan fingerprint density at radius 3 is 1.67 bits per heavy atom. The second-order valence-electron chi connectivity index (χ2n) is 10.6. The Kier molecular flexibility index (Phi) is 6.05. The van der Waals surface area contributed by atoms with Crippen molar-refractivity contribution in [1.82, 2.24) is 0 Å². The zero-order chi connectivity index (χ0) is 27.9. The summed E-state index contributed by atoms with van der Waals surface area (Å²) in [4.78, 5) is 2.47. The third-order valence-electron chi connectivity index (χ3n) is 8.02. The standard InChI is InChI=1S/C40H27NS/c1-3-13-28(14-4-1)31-25-32(29-15-5-2-6-16-29)27-33(26-31)41(37-22-11-18-30-17-7-8-19-34(30)37)38-23-12-21-36-35-20-9-10-24-39(35)42-40(36)38/h1-27H. The van der Waals surface area contributed by atoms with Gasteiger partial charge in [-0.25, -0.2) is 0 Å². The molecule has 0 N–H and O–H groups in total. The molecule has 0 fully saturated rings. The lowest BCUT2D eigenvalue weighted by atomic mass is 9.97.